The van der Waals surface area contributed by atoms with Crippen LogP contribution in [0.4, 0.5) is 16.2 Å². The van der Waals surface area contributed by atoms with Crippen LogP contribution in [0.3, 0.4) is 0 Å². The molecule has 7 heteroatoms. The van der Waals surface area contributed by atoms with Gasteiger partial charge in [-0.2, -0.15) is 0 Å². The molecule has 1 saturated heterocycles. The summed E-state index contributed by atoms with van der Waals surface area (Å²) in [6.45, 7) is 0.698. The molecule has 1 fully saturated rings. The molecular weight excluding hydrogens is 266 g/mol. The number of urea groups is 1. The van der Waals surface area contributed by atoms with E-state index in [4.69, 9.17) is 5.73 Å². The summed E-state index contributed by atoms with van der Waals surface area (Å²) >= 11 is 0. The normalized spacial score (nSPS) is 18.6. The van der Waals surface area contributed by atoms with E-state index in [1.165, 1.54) is 4.90 Å². The number of amides is 2. The molecule has 2 rings (SSSR count). The molecule has 0 spiro atoms. The van der Waals surface area contributed by atoms with Gasteiger partial charge in [0.2, 0.25) is 0 Å². The van der Waals surface area contributed by atoms with Gasteiger partial charge in [-0.1, -0.05) is 0 Å². The van der Waals surface area contributed by atoms with E-state index < -0.39 is 9.84 Å². The first-order valence-electron chi connectivity index (χ1n) is 6.08. The molecule has 1 aromatic carbocycles. The van der Waals surface area contributed by atoms with Crippen LogP contribution in [0.15, 0.2) is 24.3 Å². The van der Waals surface area contributed by atoms with E-state index in [-0.39, 0.29) is 24.1 Å². The number of nitrogens with zero attached hydrogens (tertiary/aromatic N) is 1. The molecule has 3 N–H and O–H groups in total. The zero-order chi connectivity index (χ0) is 13.9. The van der Waals surface area contributed by atoms with Gasteiger partial charge in [0.05, 0.1) is 11.5 Å². The van der Waals surface area contributed by atoms with E-state index in [0.717, 1.165) is 0 Å². The third-order valence-corrected chi connectivity index (χ3v) is 4.72. The molecule has 1 aromatic rings. The third-order valence-electron chi connectivity index (χ3n) is 3.00. The maximum atomic E-state index is 12.0. The smallest absolute Gasteiger partial charge is 0.321 e. The van der Waals surface area contributed by atoms with Gasteiger partial charge in [0, 0.05) is 24.5 Å². The molecule has 1 heterocycles. The SMILES string of the molecule is Nc1ccc(NC(=O)N2CCCS(=O)(=O)CC2)cc1. The fraction of sp³-hybridized carbons (Fsp3) is 0.417. The first-order valence-corrected chi connectivity index (χ1v) is 7.90. The van der Waals surface area contributed by atoms with Crippen molar-refractivity contribution in [1.82, 2.24) is 4.90 Å². The molecular formula is C12H17N3O3S. The summed E-state index contributed by atoms with van der Waals surface area (Å²) in [5.74, 6) is 0.181. The Morgan fingerprint density at radius 2 is 1.84 bits per heavy atom. The van der Waals surface area contributed by atoms with E-state index in [1.807, 2.05) is 0 Å². The first-order chi connectivity index (χ1) is 8.96. The summed E-state index contributed by atoms with van der Waals surface area (Å²) in [5.41, 5.74) is 6.83. The fourth-order valence-electron chi connectivity index (χ4n) is 1.91. The van der Waals surface area contributed by atoms with Crippen LogP contribution in [-0.4, -0.2) is 43.9 Å². The van der Waals surface area contributed by atoms with Crippen LogP contribution in [0.25, 0.3) is 0 Å². The molecule has 1 aliphatic heterocycles. The van der Waals surface area contributed by atoms with Crippen LogP contribution in [0.1, 0.15) is 6.42 Å². The van der Waals surface area contributed by atoms with Crippen molar-refractivity contribution in [3.05, 3.63) is 24.3 Å². The molecule has 1 aliphatic rings. The van der Waals surface area contributed by atoms with Gasteiger partial charge in [-0.3, -0.25) is 0 Å². The van der Waals surface area contributed by atoms with Crippen molar-refractivity contribution in [1.29, 1.82) is 0 Å². The second-order valence-corrected chi connectivity index (χ2v) is 6.85. The number of nitrogen functional groups attached to an aromatic ring is 1. The third kappa shape index (κ3) is 3.85. The summed E-state index contributed by atoms with van der Waals surface area (Å²) < 4.78 is 22.9. The number of nitrogens with two attached hydrogens (primary N) is 1. The average Bonchev–Trinajstić information content (AvgIpc) is 2.53. The van der Waals surface area contributed by atoms with Gasteiger partial charge in [0.25, 0.3) is 0 Å². The van der Waals surface area contributed by atoms with Crippen molar-refractivity contribution >= 4 is 27.2 Å². The van der Waals surface area contributed by atoms with Crippen molar-refractivity contribution in [2.24, 2.45) is 0 Å². The highest BCUT2D eigenvalue weighted by molar-refractivity contribution is 7.91. The molecule has 0 unspecified atom stereocenters. The molecule has 104 valence electrons. The number of sulfone groups is 1. The number of rotatable bonds is 1. The van der Waals surface area contributed by atoms with Gasteiger partial charge in [-0.15, -0.1) is 0 Å². The van der Waals surface area contributed by atoms with Crippen LogP contribution >= 0.6 is 0 Å². The van der Waals surface area contributed by atoms with E-state index in [9.17, 15) is 13.2 Å². The van der Waals surface area contributed by atoms with Gasteiger partial charge in [0.15, 0.2) is 9.84 Å². The van der Waals surface area contributed by atoms with E-state index in [1.54, 1.807) is 24.3 Å². The molecule has 0 aromatic heterocycles. The molecule has 0 radical (unpaired) electrons. The Kier molecular flexibility index (Phi) is 3.94. The van der Waals surface area contributed by atoms with E-state index >= 15 is 0 Å². The highest BCUT2D eigenvalue weighted by Crippen LogP contribution is 2.12. The second kappa shape index (κ2) is 5.48. The van der Waals surface area contributed by atoms with Crippen LogP contribution < -0.4 is 11.1 Å². The molecule has 0 bridgehead atoms. The highest BCUT2D eigenvalue weighted by Gasteiger charge is 2.22. The van der Waals surface area contributed by atoms with E-state index in [2.05, 4.69) is 5.32 Å². The van der Waals surface area contributed by atoms with Crippen LogP contribution in [-0.2, 0) is 9.84 Å². The molecule has 19 heavy (non-hydrogen) atoms. The summed E-state index contributed by atoms with van der Waals surface area (Å²) in [6, 6.07) is 6.54. The topological polar surface area (TPSA) is 92.5 Å². The number of hydrogen-bond donors (Lipinski definition) is 2. The molecule has 0 aliphatic carbocycles. The van der Waals surface area contributed by atoms with Crippen LogP contribution in [0, 0.1) is 0 Å². The van der Waals surface area contributed by atoms with Gasteiger partial charge in [0.1, 0.15) is 0 Å². The maximum absolute atomic E-state index is 12.0. The molecule has 0 saturated carbocycles. The standard InChI is InChI=1S/C12H17N3O3S/c13-10-2-4-11(5-3-10)14-12(16)15-6-1-8-19(17,18)9-7-15/h2-5H,1,6-9,13H2,(H,14,16). The lowest BCUT2D eigenvalue weighted by atomic mass is 10.3. The molecule has 6 nitrogen and oxygen atoms in total. The predicted octanol–water partition coefficient (Wildman–Crippen LogP) is 0.921. The van der Waals surface area contributed by atoms with Gasteiger partial charge < -0.3 is 16.0 Å². The zero-order valence-corrected chi connectivity index (χ0v) is 11.3. The number of anilines is 2. The summed E-state index contributed by atoms with van der Waals surface area (Å²) in [7, 11) is -3.00. The largest absolute Gasteiger partial charge is 0.399 e. The highest BCUT2D eigenvalue weighted by atomic mass is 32.2. The lowest BCUT2D eigenvalue weighted by molar-refractivity contribution is 0.216. The Morgan fingerprint density at radius 3 is 2.53 bits per heavy atom. The van der Waals surface area contributed by atoms with Crippen molar-refractivity contribution in [3.63, 3.8) is 0 Å². The van der Waals surface area contributed by atoms with Crippen LogP contribution in [0.5, 0.6) is 0 Å². The van der Waals surface area contributed by atoms with Gasteiger partial charge in [-0.25, -0.2) is 13.2 Å². The zero-order valence-electron chi connectivity index (χ0n) is 10.5. The summed E-state index contributed by atoms with van der Waals surface area (Å²) in [5, 5.41) is 2.73. The number of carbonyl (C=O) groups excluding carboxylic acids is 1. The van der Waals surface area contributed by atoms with Gasteiger partial charge in [-0.05, 0) is 30.7 Å². The number of benzene rings is 1. The quantitative estimate of drug-likeness (QED) is 0.750. The predicted molar refractivity (Wildman–Crippen MR) is 74.7 cm³/mol. The van der Waals surface area contributed by atoms with E-state index in [0.29, 0.717) is 24.3 Å². The minimum absolute atomic E-state index is 0.0299. The van der Waals surface area contributed by atoms with Crippen molar-refractivity contribution < 1.29 is 13.2 Å². The summed E-state index contributed by atoms with van der Waals surface area (Å²) in [4.78, 5) is 13.5. The summed E-state index contributed by atoms with van der Waals surface area (Å²) in [6.07, 6.45) is 0.484. The Balaban J connectivity index is 1.98. The van der Waals surface area contributed by atoms with Crippen LogP contribution in [0.2, 0.25) is 0 Å². The Bertz CT molecular complexity index is 554. The van der Waals surface area contributed by atoms with Crippen molar-refractivity contribution in [3.8, 4) is 0 Å². The lowest BCUT2D eigenvalue weighted by Gasteiger charge is -2.20. The molecule has 2 amide bonds. The Labute approximate surface area is 112 Å². The molecule has 0 atom stereocenters. The fourth-order valence-corrected chi connectivity index (χ4v) is 3.18. The number of hydrogen-bond acceptors (Lipinski definition) is 4. The minimum atomic E-state index is -3.00. The average molecular weight is 283 g/mol. The number of carbonyl (C=O) groups is 1. The minimum Gasteiger partial charge on any atom is -0.399 e. The number of nitrogens with one attached hydrogen (secondary N) is 1. The first kappa shape index (κ1) is 13.7. The Hall–Kier alpha value is -1.76. The van der Waals surface area contributed by atoms with Crippen molar-refractivity contribution in [2.45, 2.75) is 6.42 Å². The Morgan fingerprint density at radius 1 is 1.16 bits per heavy atom. The second-order valence-electron chi connectivity index (χ2n) is 4.54. The van der Waals surface area contributed by atoms with Crippen molar-refractivity contribution in [2.75, 3.05) is 35.6 Å². The lowest BCUT2D eigenvalue weighted by Crippen LogP contribution is -2.37. The van der Waals surface area contributed by atoms with Gasteiger partial charge >= 0.3 is 6.03 Å². The maximum Gasteiger partial charge on any atom is 0.321 e. The monoisotopic (exact) mass is 283 g/mol.